The molecule has 0 amide bonds. The third-order valence-electron chi connectivity index (χ3n) is 2.46. The molecule has 2 nitrogen and oxygen atoms in total. The summed E-state index contributed by atoms with van der Waals surface area (Å²) in [7, 11) is 0. The van der Waals surface area contributed by atoms with Gasteiger partial charge in [-0.25, -0.2) is 0 Å². The Bertz CT molecular complexity index is 472. The van der Waals surface area contributed by atoms with Crippen LogP contribution in [0, 0.1) is 0 Å². The third-order valence-corrected chi connectivity index (χ3v) is 2.67. The van der Waals surface area contributed by atoms with Gasteiger partial charge in [0.15, 0.2) is 5.11 Å². The van der Waals surface area contributed by atoms with Crippen molar-refractivity contribution >= 4 is 23.4 Å². The number of nitrogens with one attached hydrogen (secondary N) is 2. The molecule has 0 unspecified atom stereocenters. The van der Waals surface area contributed by atoms with Crippen molar-refractivity contribution in [3.8, 4) is 0 Å². The minimum absolute atomic E-state index is 0.0985. The molecular weight excluding hydrogens is 228 g/mol. The molecule has 2 N–H and O–H groups in total. The van der Waals surface area contributed by atoms with Crippen LogP contribution in [0.3, 0.4) is 0 Å². The molecule has 88 valence electrons. The maximum Gasteiger partial charge on any atom is 0.171 e. The van der Waals surface area contributed by atoms with Crippen LogP contribution in [0.2, 0.25) is 0 Å². The first-order valence-corrected chi connectivity index (χ1v) is 6.01. The number of hydrogen-bond acceptors (Lipinski definition) is 1. The van der Waals surface area contributed by atoms with Gasteiger partial charge in [0, 0.05) is 5.70 Å². The lowest BCUT2D eigenvalue weighted by Gasteiger charge is -2.30. The number of benzene rings is 1. The molecule has 0 aliphatic carbocycles. The molecule has 0 fully saturated rings. The first-order valence-electron chi connectivity index (χ1n) is 5.60. The highest BCUT2D eigenvalue weighted by Gasteiger charge is 2.20. The van der Waals surface area contributed by atoms with Crippen LogP contribution in [0.15, 0.2) is 48.2 Å². The molecule has 0 saturated carbocycles. The van der Waals surface area contributed by atoms with Gasteiger partial charge >= 0.3 is 0 Å². The third kappa shape index (κ3) is 3.43. The second-order valence-corrected chi connectivity index (χ2v) is 5.05. The second kappa shape index (κ2) is 4.72. The molecule has 0 atom stereocenters. The van der Waals surface area contributed by atoms with Crippen molar-refractivity contribution in [1.82, 2.24) is 10.6 Å². The fraction of sp³-hybridized carbons (Fsp3) is 0.214. The Kier molecular flexibility index (Phi) is 3.29. The Morgan fingerprint density at radius 3 is 2.47 bits per heavy atom. The molecular formula is C14H16N2S. The normalized spacial score (nSPS) is 18.5. The minimum Gasteiger partial charge on any atom is -0.354 e. The average Bonchev–Trinajstić information content (AvgIpc) is 2.25. The van der Waals surface area contributed by atoms with Crippen LogP contribution in [0.5, 0.6) is 0 Å². The van der Waals surface area contributed by atoms with Crippen molar-refractivity contribution in [2.45, 2.75) is 19.4 Å². The molecule has 2 rings (SSSR count). The lowest BCUT2D eigenvalue weighted by Crippen LogP contribution is -2.51. The van der Waals surface area contributed by atoms with E-state index in [4.69, 9.17) is 12.2 Å². The Morgan fingerprint density at radius 2 is 1.82 bits per heavy atom. The van der Waals surface area contributed by atoms with Gasteiger partial charge in [-0.1, -0.05) is 36.4 Å². The maximum atomic E-state index is 5.17. The molecule has 0 saturated heterocycles. The van der Waals surface area contributed by atoms with Crippen LogP contribution in [0.4, 0.5) is 0 Å². The monoisotopic (exact) mass is 244 g/mol. The predicted octanol–water partition coefficient (Wildman–Crippen LogP) is 2.84. The first kappa shape index (κ1) is 11.9. The van der Waals surface area contributed by atoms with E-state index in [1.807, 2.05) is 24.3 Å². The zero-order chi connectivity index (χ0) is 12.3. The minimum atomic E-state index is -0.0985. The Hall–Kier alpha value is -1.61. The molecule has 0 spiro atoms. The highest BCUT2D eigenvalue weighted by molar-refractivity contribution is 7.80. The summed E-state index contributed by atoms with van der Waals surface area (Å²) in [6.07, 6.45) is 6.25. The fourth-order valence-electron chi connectivity index (χ4n) is 1.76. The van der Waals surface area contributed by atoms with Gasteiger partial charge < -0.3 is 10.6 Å². The van der Waals surface area contributed by atoms with Crippen molar-refractivity contribution in [1.29, 1.82) is 0 Å². The van der Waals surface area contributed by atoms with Crippen molar-refractivity contribution in [2.75, 3.05) is 0 Å². The van der Waals surface area contributed by atoms with Crippen LogP contribution >= 0.6 is 12.2 Å². The van der Waals surface area contributed by atoms with Crippen LogP contribution in [-0.2, 0) is 0 Å². The van der Waals surface area contributed by atoms with Gasteiger partial charge in [-0.2, -0.15) is 0 Å². The first-order chi connectivity index (χ1) is 8.05. The number of hydrogen-bond donors (Lipinski definition) is 2. The second-order valence-electron chi connectivity index (χ2n) is 4.64. The Labute approximate surface area is 107 Å². The highest BCUT2D eigenvalue weighted by Crippen LogP contribution is 2.13. The van der Waals surface area contributed by atoms with Gasteiger partial charge in [-0.15, -0.1) is 0 Å². The molecule has 0 aromatic heterocycles. The van der Waals surface area contributed by atoms with Crippen molar-refractivity contribution in [2.24, 2.45) is 0 Å². The Balaban J connectivity index is 2.16. The molecule has 17 heavy (non-hydrogen) atoms. The van der Waals surface area contributed by atoms with Crippen molar-refractivity contribution in [3.63, 3.8) is 0 Å². The van der Waals surface area contributed by atoms with E-state index in [0.717, 1.165) is 5.70 Å². The zero-order valence-electron chi connectivity index (χ0n) is 10.0. The smallest absolute Gasteiger partial charge is 0.171 e. The van der Waals surface area contributed by atoms with E-state index >= 15 is 0 Å². The van der Waals surface area contributed by atoms with Crippen molar-refractivity contribution in [3.05, 3.63) is 53.7 Å². The summed E-state index contributed by atoms with van der Waals surface area (Å²) in [5.74, 6) is 0. The summed E-state index contributed by atoms with van der Waals surface area (Å²) in [5, 5.41) is 7.00. The fourth-order valence-corrected chi connectivity index (χ4v) is 2.14. The van der Waals surface area contributed by atoms with E-state index in [1.54, 1.807) is 0 Å². The topological polar surface area (TPSA) is 24.1 Å². The summed E-state index contributed by atoms with van der Waals surface area (Å²) in [4.78, 5) is 0. The van der Waals surface area contributed by atoms with E-state index in [0.29, 0.717) is 5.11 Å². The van der Waals surface area contributed by atoms with Gasteiger partial charge in [0.25, 0.3) is 0 Å². The molecule has 0 radical (unpaired) electrons. The lowest BCUT2D eigenvalue weighted by molar-refractivity contribution is 0.555. The van der Waals surface area contributed by atoms with E-state index in [2.05, 4.69) is 48.8 Å². The molecule has 1 aliphatic heterocycles. The molecule has 1 aromatic rings. The maximum absolute atomic E-state index is 5.17. The molecule has 0 bridgehead atoms. The van der Waals surface area contributed by atoms with Gasteiger partial charge in [0.1, 0.15) is 0 Å². The lowest BCUT2D eigenvalue weighted by atomic mass is 10.0. The van der Waals surface area contributed by atoms with Gasteiger partial charge in [0.2, 0.25) is 0 Å². The number of rotatable bonds is 2. The SMILES string of the molecule is CC1(C)C=C(/C=C/c2ccccc2)NC(=S)N1. The van der Waals surface area contributed by atoms with Gasteiger partial charge in [-0.3, -0.25) is 0 Å². The summed E-state index contributed by atoms with van der Waals surface area (Å²) in [6.45, 7) is 4.19. The van der Waals surface area contributed by atoms with Crippen LogP contribution in [0.1, 0.15) is 19.4 Å². The molecule has 1 heterocycles. The zero-order valence-corrected chi connectivity index (χ0v) is 10.8. The van der Waals surface area contributed by atoms with Gasteiger partial charge in [-0.05, 0) is 43.8 Å². The van der Waals surface area contributed by atoms with Crippen LogP contribution < -0.4 is 10.6 Å². The Morgan fingerprint density at radius 1 is 1.12 bits per heavy atom. The number of thiocarbonyl (C=S) groups is 1. The van der Waals surface area contributed by atoms with Crippen molar-refractivity contribution < 1.29 is 0 Å². The predicted molar refractivity (Wildman–Crippen MR) is 76.5 cm³/mol. The highest BCUT2D eigenvalue weighted by atomic mass is 32.1. The number of allylic oxidation sites excluding steroid dienone is 1. The standard InChI is InChI=1S/C14H16N2S/c1-14(2)10-12(15-13(17)16-14)9-8-11-6-4-3-5-7-11/h3-10H,1-2H3,(H2,15,16,17)/b9-8+. The van der Waals surface area contributed by atoms with E-state index in [1.165, 1.54) is 5.56 Å². The average molecular weight is 244 g/mol. The van der Waals surface area contributed by atoms with E-state index in [-0.39, 0.29) is 5.54 Å². The van der Waals surface area contributed by atoms with Gasteiger partial charge in [0.05, 0.1) is 5.54 Å². The summed E-state index contributed by atoms with van der Waals surface area (Å²) < 4.78 is 0. The quantitative estimate of drug-likeness (QED) is 0.782. The largest absolute Gasteiger partial charge is 0.354 e. The summed E-state index contributed by atoms with van der Waals surface area (Å²) in [6, 6.07) is 10.2. The summed E-state index contributed by atoms with van der Waals surface area (Å²) >= 11 is 5.17. The van der Waals surface area contributed by atoms with E-state index < -0.39 is 0 Å². The van der Waals surface area contributed by atoms with Crippen LogP contribution in [0.25, 0.3) is 6.08 Å². The van der Waals surface area contributed by atoms with E-state index in [9.17, 15) is 0 Å². The molecule has 1 aromatic carbocycles. The van der Waals surface area contributed by atoms with Crippen LogP contribution in [-0.4, -0.2) is 10.7 Å². The molecule has 3 heteroatoms. The summed E-state index contributed by atoms with van der Waals surface area (Å²) in [5.41, 5.74) is 2.11. The molecule has 1 aliphatic rings.